The number of fused-ring (bicyclic) bond motifs is 1. The molecule has 2 N–H and O–H groups in total. The highest BCUT2D eigenvalue weighted by molar-refractivity contribution is 9.10. The first-order valence-electron chi connectivity index (χ1n) is 10.0. The van der Waals surface area contributed by atoms with Gasteiger partial charge in [0.15, 0.2) is 11.6 Å². The lowest BCUT2D eigenvalue weighted by molar-refractivity contribution is -0.169. The van der Waals surface area contributed by atoms with Gasteiger partial charge in [-0.25, -0.2) is 4.98 Å². The molecule has 1 aromatic heterocycles. The number of halogens is 1. The number of imidazole rings is 1. The minimum Gasteiger partial charge on any atom is -0.507 e. The molecule has 2 atom stereocenters. The van der Waals surface area contributed by atoms with Gasteiger partial charge in [0.25, 0.3) is 0 Å². The number of aromatic amines is 1. The van der Waals surface area contributed by atoms with E-state index in [1.807, 2.05) is 30.3 Å². The molecule has 4 bridgehead atoms. The molecule has 7 heteroatoms. The Hall–Kier alpha value is -2.33. The smallest absolute Gasteiger partial charge is 0.312 e. The molecule has 6 nitrogen and oxygen atoms in total. The van der Waals surface area contributed by atoms with Crippen LogP contribution in [-0.2, 0) is 9.53 Å². The molecule has 4 aliphatic carbocycles. The molecule has 4 fully saturated rings. The molecule has 4 aliphatic rings. The first-order valence-corrected chi connectivity index (χ1v) is 10.8. The molecule has 1 aromatic carbocycles. The minimum absolute atomic E-state index is 0.00326. The molecule has 0 amide bonds. The van der Waals surface area contributed by atoms with Gasteiger partial charge in [-0.1, -0.05) is 28.1 Å². The monoisotopic (exact) mass is 455 g/mol. The average Bonchev–Trinajstić information content (AvgIpc) is 3.08. The van der Waals surface area contributed by atoms with Gasteiger partial charge >= 0.3 is 5.97 Å². The van der Waals surface area contributed by atoms with Crippen molar-refractivity contribution in [3.05, 3.63) is 35.8 Å². The van der Waals surface area contributed by atoms with Crippen LogP contribution in [0.5, 0.6) is 0 Å². The van der Waals surface area contributed by atoms with Gasteiger partial charge in [-0.3, -0.25) is 4.79 Å². The van der Waals surface area contributed by atoms with Crippen molar-refractivity contribution in [1.29, 1.82) is 5.26 Å². The number of rotatable bonds is 4. The van der Waals surface area contributed by atoms with E-state index in [1.165, 1.54) is 6.42 Å². The van der Waals surface area contributed by atoms with E-state index in [4.69, 9.17) is 4.74 Å². The summed E-state index contributed by atoms with van der Waals surface area (Å²) >= 11 is 3.90. The largest absolute Gasteiger partial charge is 0.507 e. The molecule has 1 heterocycles. The number of hydrogen-bond donors (Lipinski definition) is 2. The number of nitriles is 1. The molecule has 4 saturated carbocycles. The third kappa shape index (κ3) is 3.14. The zero-order valence-corrected chi connectivity index (χ0v) is 17.5. The second-order valence-corrected chi connectivity index (χ2v) is 10.7. The van der Waals surface area contributed by atoms with Gasteiger partial charge in [-0.05, 0) is 62.5 Å². The van der Waals surface area contributed by atoms with Gasteiger partial charge in [0.1, 0.15) is 18.2 Å². The van der Waals surface area contributed by atoms with E-state index in [2.05, 4.69) is 25.9 Å². The van der Waals surface area contributed by atoms with Crippen LogP contribution in [0, 0.1) is 28.6 Å². The second kappa shape index (κ2) is 6.60. The molecule has 150 valence electrons. The molecule has 6 rings (SSSR count). The number of carbonyl (C=O) groups excluding carboxylic acids is 1. The van der Waals surface area contributed by atoms with Crippen molar-refractivity contribution in [2.75, 3.05) is 6.61 Å². The van der Waals surface area contributed by atoms with Crippen LogP contribution in [0.15, 0.2) is 30.0 Å². The van der Waals surface area contributed by atoms with Crippen molar-refractivity contribution in [3.63, 3.8) is 0 Å². The van der Waals surface area contributed by atoms with Crippen molar-refractivity contribution in [2.24, 2.45) is 17.3 Å². The Bertz CT molecular complexity index is 1020. The summed E-state index contributed by atoms with van der Waals surface area (Å²) in [7, 11) is 0. The van der Waals surface area contributed by atoms with Crippen LogP contribution in [0.25, 0.3) is 16.6 Å². The van der Waals surface area contributed by atoms with E-state index in [9.17, 15) is 15.2 Å². The molecule has 2 aromatic rings. The quantitative estimate of drug-likeness (QED) is 0.303. The van der Waals surface area contributed by atoms with E-state index < -0.39 is 5.41 Å². The van der Waals surface area contributed by atoms with E-state index in [0.717, 1.165) is 37.6 Å². The number of aliphatic hydroxyl groups is 1. The number of esters is 1. The number of aliphatic hydroxyl groups excluding tert-OH is 1. The molecule has 0 saturated heterocycles. The molecular weight excluding hydrogens is 434 g/mol. The number of H-pyrrole nitrogens is 1. The SMILES string of the molecule is N#CC(=C(O)COC(=O)C12C[C@H]3C[C@@H](CC(Br)(C3)C1)C2)c1nc2ccccc2[nH]1. The first kappa shape index (κ1) is 18.7. The van der Waals surface area contributed by atoms with Gasteiger partial charge in [-0.15, -0.1) is 0 Å². The molecule has 0 unspecified atom stereocenters. The number of benzene rings is 1. The Labute approximate surface area is 177 Å². The van der Waals surface area contributed by atoms with Gasteiger partial charge < -0.3 is 14.8 Å². The molecule has 29 heavy (non-hydrogen) atoms. The normalized spacial score (nSPS) is 33.4. The predicted molar refractivity (Wildman–Crippen MR) is 111 cm³/mol. The van der Waals surface area contributed by atoms with Crippen LogP contribution >= 0.6 is 15.9 Å². The molecule has 0 radical (unpaired) electrons. The molecule has 0 aliphatic heterocycles. The summed E-state index contributed by atoms with van der Waals surface area (Å²) in [6.45, 7) is -0.314. The Morgan fingerprint density at radius 1 is 1.31 bits per heavy atom. The van der Waals surface area contributed by atoms with Crippen LogP contribution in [-0.4, -0.2) is 32.0 Å². The van der Waals surface area contributed by atoms with Crippen LogP contribution < -0.4 is 0 Å². The fraction of sp³-hybridized carbons (Fsp3) is 0.500. The minimum atomic E-state index is -0.458. The van der Waals surface area contributed by atoms with Crippen molar-refractivity contribution in [3.8, 4) is 6.07 Å². The fourth-order valence-electron chi connectivity index (χ4n) is 6.07. The third-order valence-corrected chi connectivity index (χ3v) is 7.72. The predicted octanol–water partition coefficient (Wildman–Crippen LogP) is 4.63. The Morgan fingerprint density at radius 3 is 2.69 bits per heavy atom. The Kier molecular flexibility index (Phi) is 4.25. The van der Waals surface area contributed by atoms with Crippen molar-refractivity contribution < 1.29 is 14.6 Å². The second-order valence-electron chi connectivity index (χ2n) is 9.00. The van der Waals surface area contributed by atoms with E-state index >= 15 is 0 Å². The summed E-state index contributed by atoms with van der Waals surface area (Å²) in [6, 6.07) is 9.37. The number of aromatic nitrogens is 2. The number of ether oxygens (including phenoxy) is 1. The van der Waals surface area contributed by atoms with E-state index in [1.54, 1.807) is 0 Å². The average molecular weight is 456 g/mol. The zero-order chi connectivity index (χ0) is 20.2. The summed E-state index contributed by atoms with van der Waals surface area (Å²) in [5.41, 5.74) is 1.02. The Morgan fingerprint density at radius 2 is 2.03 bits per heavy atom. The number of nitrogens with one attached hydrogen (secondary N) is 1. The highest BCUT2D eigenvalue weighted by Crippen LogP contribution is 2.64. The molecule has 0 spiro atoms. The summed E-state index contributed by atoms with van der Waals surface area (Å²) < 4.78 is 5.61. The Balaban J connectivity index is 1.35. The number of nitrogens with zero attached hydrogens (tertiary/aromatic N) is 2. The van der Waals surface area contributed by atoms with Gasteiger partial charge in [0.05, 0.1) is 16.4 Å². The highest BCUT2D eigenvalue weighted by Gasteiger charge is 2.60. The lowest BCUT2D eigenvalue weighted by atomic mass is 9.49. The van der Waals surface area contributed by atoms with Crippen LogP contribution in [0.1, 0.15) is 44.3 Å². The number of allylic oxidation sites excluding steroid dienone is 1. The summed E-state index contributed by atoms with van der Waals surface area (Å²) in [4.78, 5) is 20.4. The lowest BCUT2D eigenvalue weighted by Gasteiger charge is -2.58. The first-order chi connectivity index (χ1) is 13.9. The number of carbonyl (C=O) groups is 1. The fourth-order valence-corrected chi connectivity index (χ4v) is 7.53. The topological polar surface area (TPSA) is 99.0 Å². The third-order valence-electron chi connectivity index (χ3n) is 6.79. The van der Waals surface area contributed by atoms with E-state index in [-0.39, 0.29) is 34.1 Å². The maximum Gasteiger partial charge on any atom is 0.312 e. The lowest BCUT2D eigenvalue weighted by Crippen LogP contribution is -2.56. The number of alkyl halides is 1. The molecular formula is C22H22BrN3O3. The maximum atomic E-state index is 13.0. The summed E-state index contributed by atoms with van der Waals surface area (Å²) in [6.07, 6.45) is 6.01. The summed E-state index contributed by atoms with van der Waals surface area (Å²) in [5.74, 6) is 0.883. The standard InChI is InChI=1S/C22H22BrN3O3/c23-22-8-13-5-14(9-22)7-21(6-13,12-22)20(28)29-11-18(27)15(10-24)19-25-16-3-1-2-4-17(16)26-19/h1-4,13-14,27H,5-9,11-12H2,(H,25,26)/t13-,14-,21?,22?/m1/s1. The number of hydrogen-bond acceptors (Lipinski definition) is 5. The maximum absolute atomic E-state index is 13.0. The number of para-hydroxylation sites is 2. The van der Waals surface area contributed by atoms with E-state index in [0.29, 0.717) is 17.4 Å². The van der Waals surface area contributed by atoms with Gasteiger partial charge in [-0.2, -0.15) is 5.26 Å². The van der Waals surface area contributed by atoms with Crippen LogP contribution in [0.4, 0.5) is 0 Å². The van der Waals surface area contributed by atoms with Crippen LogP contribution in [0.2, 0.25) is 0 Å². The van der Waals surface area contributed by atoms with Crippen molar-refractivity contribution in [2.45, 2.75) is 42.8 Å². The highest BCUT2D eigenvalue weighted by atomic mass is 79.9. The van der Waals surface area contributed by atoms with Crippen molar-refractivity contribution >= 4 is 38.5 Å². The van der Waals surface area contributed by atoms with Gasteiger partial charge in [0.2, 0.25) is 0 Å². The van der Waals surface area contributed by atoms with Crippen molar-refractivity contribution in [1.82, 2.24) is 9.97 Å². The van der Waals surface area contributed by atoms with Gasteiger partial charge in [0, 0.05) is 4.32 Å². The zero-order valence-electron chi connectivity index (χ0n) is 15.9. The summed E-state index contributed by atoms with van der Waals surface area (Å²) in [5, 5.41) is 20.0. The van der Waals surface area contributed by atoms with Crippen LogP contribution in [0.3, 0.4) is 0 Å².